The average molecular weight is 392 g/mol. The number of anilines is 1. The van der Waals surface area contributed by atoms with E-state index < -0.39 is 16.1 Å². The zero-order valence-corrected chi connectivity index (χ0v) is 16.4. The number of nitrogens with zero attached hydrogens (tertiary/aromatic N) is 1. The summed E-state index contributed by atoms with van der Waals surface area (Å²) in [5, 5.41) is 6.60. The van der Waals surface area contributed by atoms with Gasteiger partial charge in [-0.2, -0.15) is 4.72 Å². The molecule has 0 bridgehead atoms. The Morgan fingerprint density at radius 3 is 2.78 bits per heavy atom. The molecule has 0 saturated carbocycles. The highest BCUT2D eigenvalue weighted by molar-refractivity contribution is 7.89. The fourth-order valence-corrected chi connectivity index (χ4v) is 5.02. The van der Waals surface area contributed by atoms with E-state index in [4.69, 9.17) is 10.3 Å². The minimum Gasteiger partial charge on any atom is -0.399 e. The molecule has 27 heavy (non-hydrogen) atoms. The Hall–Kier alpha value is -2.39. The summed E-state index contributed by atoms with van der Waals surface area (Å²) < 4.78 is 32.5. The lowest BCUT2D eigenvalue weighted by atomic mass is 9.87. The van der Waals surface area contributed by atoms with Gasteiger partial charge in [0.25, 0.3) is 0 Å². The standard InChI is InChI=1S/C18H24N4O4S/c1-10-17(12(3)26-21-10)27(24,25)22-11(2)18(23)20-16-6-4-5-13-9-14(19)7-8-15(13)16/h7-9,11,16,22H,4-6,19H2,1-3H3,(H,20,23). The maximum atomic E-state index is 12.6. The van der Waals surface area contributed by atoms with Crippen LogP contribution in [0.1, 0.15) is 48.4 Å². The quantitative estimate of drug-likeness (QED) is 0.665. The van der Waals surface area contributed by atoms with Crippen molar-refractivity contribution in [2.24, 2.45) is 0 Å². The molecule has 0 spiro atoms. The Kier molecular flexibility index (Phi) is 5.25. The predicted molar refractivity (Wildman–Crippen MR) is 100 cm³/mol. The minimum absolute atomic E-state index is 0.0272. The van der Waals surface area contributed by atoms with Crippen LogP contribution in [0.3, 0.4) is 0 Å². The van der Waals surface area contributed by atoms with Crippen molar-refractivity contribution in [3.63, 3.8) is 0 Å². The van der Waals surface area contributed by atoms with Crippen molar-refractivity contribution in [3.8, 4) is 0 Å². The number of hydrogen-bond acceptors (Lipinski definition) is 6. The van der Waals surface area contributed by atoms with Crippen LogP contribution >= 0.6 is 0 Å². The summed E-state index contributed by atoms with van der Waals surface area (Å²) in [6, 6.07) is 4.56. The van der Waals surface area contributed by atoms with E-state index in [2.05, 4.69) is 15.2 Å². The largest absolute Gasteiger partial charge is 0.399 e. The number of aryl methyl sites for hydroxylation is 3. The molecule has 1 heterocycles. The normalized spacial score (nSPS) is 18.0. The van der Waals surface area contributed by atoms with Crippen LogP contribution in [0.5, 0.6) is 0 Å². The number of nitrogens with two attached hydrogens (primary N) is 1. The lowest BCUT2D eigenvalue weighted by Crippen LogP contribution is -2.46. The summed E-state index contributed by atoms with van der Waals surface area (Å²) >= 11 is 0. The Labute approximate surface area is 158 Å². The molecule has 2 unspecified atom stereocenters. The van der Waals surface area contributed by atoms with Gasteiger partial charge in [0.05, 0.1) is 12.1 Å². The molecule has 3 rings (SSSR count). The smallest absolute Gasteiger partial charge is 0.246 e. The minimum atomic E-state index is -3.91. The Morgan fingerprint density at radius 1 is 1.37 bits per heavy atom. The first kappa shape index (κ1) is 19.4. The van der Waals surface area contributed by atoms with Crippen LogP contribution in [-0.2, 0) is 21.2 Å². The molecule has 1 aliphatic rings. The van der Waals surface area contributed by atoms with Crippen LogP contribution in [0.15, 0.2) is 27.6 Å². The van der Waals surface area contributed by atoms with Crippen molar-refractivity contribution in [3.05, 3.63) is 40.8 Å². The van der Waals surface area contributed by atoms with Crippen LogP contribution < -0.4 is 15.8 Å². The number of benzene rings is 1. The van der Waals surface area contributed by atoms with E-state index >= 15 is 0 Å². The van der Waals surface area contributed by atoms with Gasteiger partial charge in [-0.05, 0) is 63.3 Å². The van der Waals surface area contributed by atoms with Gasteiger partial charge >= 0.3 is 0 Å². The number of nitrogen functional groups attached to an aromatic ring is 1. The highest BCUT2D eigenvalue weighted by atomic mass is 32.2. The lowest BCUT2D eigenvalue weighted by molar-refractivity contribution is -0.123. The van der Waals surface area contributed by atoms with E-state index in [1.165, 1.54) is 13.8 Å². The summed E-state index contributed by atoms with van der Waals surface area (Å²) in [4.78, 5) is 12.6. The number of carbonyl (C=O) groups excluding carboxylic acids is 1. The second-order valence-corrected chi connectivity index (χ2v) is 8.56. The SMILES string of the molecule is Cc1noc(C)c1S(=O)(=O)NC(C)C(=O)NC1CCCc2cc(N)ccc21. The fraction of sp³-hybridized carbons (Fsp3) is 0.444. The summed E-state index contributed by atoms with van der Waals surface area (Å²) in [7, 11) is -3.91. The molecule has 0 aliphatic heterocycles. The van der Waals surface area contributed by atoms with Crippen LogP contribution in [0.25, 0.3) is 0 Å². The maximum Gasteiger partial charge on any atom is 0.246 e. The fourth-order valence-electron chi connectivity index (χ4n) is 3.48. The van der Waals surface area contributed by atoms with Crippen LogP contribution in [0, 0.1) is 13.8 Å². The second kappa shape index (κ2) is 7.32. The topological polar surface area (TPSA) is 127 Å². The molecule has 9 heteroatoms. The van der Waals surface area contributed by atoms with Crippen LogP contribution in [-0.4, -0.2) is 25.5 Å². The highest BCUT2D eigenvalue weighted by Crippen LogP contribution is 2.31. The van der Waals surface area contributed by atoms with Crippen molar-refractivity contribution < 1.29 is 17.7 Å². The number of fused-ring (bicyclic) bond motifs is 1. The van der Waals surface area contributed by atoms with Gasteiger partial charge in [0, 0.05) is 5.69 Å². The predicted octanol–water partition coefficient (Wildman–Crippen LogP) is 1.73. The molecular formula is C18H24N4O4S. The molecular weight excluding hydrogens is 368 g/mol. The first-order valence-electron chi connectivity index (χ1n) is 8.83. The van der Waals surface area contributed by atoms with Crippen molar-refractivity contribution in [2.45, 2.75) is 57.0 Å². The van der Waals surface area contributed by atoms with Gasteiger partial charge in [0.15, 0.2) is 5.76 Å². The molecule has 1 aromatic heterocycles. The van der Waals surface area contributed by atoms with E-state index in [-0.39, 0.29) is 28.3 Å². The number of carbonyl (C=O) groups is 1. The van der Waals surface area contributed by atoms with E-state index in [0.717, 1.165) is 30.4 Å². The summed E-state index contributed by atoms with van der Waals surface area (Å²) in [6.07, 6.45) is 2.65. The molecule has 1 aliphatic carbocycles. The molecule has 8 nitrogen and oxygen atoms in total. The van der Waals surface area contributed by atoms with Gasteiger partial charge in [0.1, 0.15) is 10.6 Å². The third-order valence-electron chi connectivity index (χ3n) is 4.76. The number of nitrogens with one attached hydrogen (secondary N) is 2. The van der Waals surface area contributed by atoms with Crippen LogP contribution in [0.4, 0.5) is 5.69 Å². The van der Waals surface area contributed by atoms with Crippen LogP contribution in [0.2, 0.25) is 0 Å². The summed E-state index contributed by atoms with van der Waals surface area (Å²) in [6.45, 7) is 4.57. The van der Waals surface area contributed by atoms with Gasteiger partial charge in [-0.3, -0.25) is 4.79 Å². The lowest BCUT2D eigenvalue weighted by Gasteiger charge is -2.28. The second-order valence-electron chi connectivity index (χ2n) is 6.91. The van der Waals surface area contributed by atoms with Crippen molar-refractivity contribution in [1.29, 1.82) is 0 Å². The van der Waals surface area contributed by atoms with Gasteiger partial charge in [0.2, 0.25) is 15.9 Å². The number of aromatic nitrogens is 1. The van der Waals surface area contributed by atoms with Crippen molar-refractivity contribution in [1.82, 2.24) is 15.2 Å². The molecule has 0 radical (unpaired) electrons. The molecule has 2 atom stereocenters. The van der Waals surface area contributed by atoms with Gasteiger partial charge < -0.3 is 15.6 Å². The molecule has 2 aromatic rings. The number of amides is 1. The zero-order chi connectivity index (χ0) is 19.8. The molecule has 1 aromatic carbocycles. The molecule has 1 amide bonds. The van der Waals surface area contributed by atoms with Gasteiger partial charge in [-0.1, -0.05) is 11.2 Å². The molecule has 4 N–H and O–H groups in total. The van der Waals surface area contributed by atoms with Crippen molar-refractivity contribution >= 4 is 21.6 Å². The summed E-state index contributed by atoms with van der Waals surface area (Å²) in [5.41, 5.74) is 8.94. The van der Waals surface area contributed by atoms with E-state index in [9.17, 15) is 13.2 Å². The van der Waals surface area contributed by atoms with Crippen molar-refractivity contribution in [2.75, 3.05) is 5.73 Å². The molecule has 146 valence electrons. The first-order valence-corrected chi connectivity index (χ1v) is 10.3. The number of hydrogen-bond donors (Lipinski definition) is 3. The van der Waals surface area contributed by atoms with Gasteiger partial charge in [-0.15, -0.1) is 0 Å². The number of sulfonamides is 1. The van der Waals surface area contributed by atoms with E-state index in [1.54, 1.807) is 6.92 Å². The Balaban J connectivity index is 1.72. The highest BCUT2D eigenvalue weighted by Gasteiger charge is 2.30. The van der Waals surface area contributed by atoms with Gasteiger partial charge in [-0.25, -0.2) is 8.42 Å². The van der Waals surface area contributed by atoms with E-state index in [1.807, 2.05) is 18.2 Å². The Bertz CT molecular complexity index is 948. The third-order valence-corrected chi connectivity index (χ3v) is 6.54. The number of rotatable bonds is 5. The average Bonchev–Trinajstić information content (AvgIpc) is 2.93. The van der Waals surface area contributed by atoms with E-state index in [0.29, 0.717) is 5.69 Å². The zero-order valence-electron chi connectivity index (χ0n) is 15.6. The third kappa shape index (κ3) is 3.98. The Morgan fingerprint density at radius 2 is 2.11 bits per heavy atom. The molecule has 0 saturated heterocycles. The maximum absolute atomic E-state index is 12.6. The monoisotopic (exact) mass is 392 g/mol. The summed E-state index contributed by atoms with van der Waals surface area (Å²) in [5.74, 6) is -0.202. The first-order chi connectivity index (χ1) is 12.7. The molecule has 0 fully saturated rings.